The molecule has 0 saturated heterocycles. The second-order valence-electron chi connectivity index (χ2n) is 4.43. The first kappa shape index (κ1) is 11.0. The van der Waals surface area contributed by atoms with E-state index in [-0.39, 0.29) is 6.09 Å². The van der Waals surface area contributed by atoms with Gasteiger partial charge in [-0.05, 0) is 26.3 Å². The molecule has 0 atom stereocenters. The topological polar surface area (TPSA) is 55.6 Å². The van der Waals surface area contributed by atoms with Gasteiger partial charge in [0, 0.05) is 19.6 Å². The van der Waals surface area contributed by atoms with Crippen LogP contribution in [0.5, 0.6) is 0 Å². The van der Waals surface area contributed by atoms with Gasteiger partial charge in [0.2, 0.25) is 0 Å². The lowest BCUT2D eigenvalue weighted by Crippen LogP contribution is -2.35. The second-order valence-corrected chi connectivity index (χ2v) is 4.43. The van der Waals surface area contributed by atoms with Crippen molar-refractivity contribution in [3.05, 3.63) is 11.6 Å². The van der Waals surface area contributed by atoms with Crippen LogP contribution < -0.4 is 5.73 Å². The van der Waals surface area contributed by atoms with Crippen molar-refractivity contribution in [1.29, 1.82) is 0 Å². The van der Waals surface area contributed by atoms with Crippen LogP contribution in [-0.2, 0) is 4.74 Å². The monoisotopic (exact) mass is 198 g/mol. The van der Waals surface area contributed by atoms with Gasteiger partial charge in [-0.15, -0.1) is 0 Å². The molecule has 0 saturated carbocycles. The first-order chi connectivity index (χ1) is 6.42. The summed E-state index contributed by atoms with van der Waals surface area (Å²) in [5.74, 6) is 0. The Labute approximate surface area is 84.7 Å². The van der Waals surface area contributed by atoms with E-state index in [1.165, 1.54) is 0 Å². The van der Waals surface area contributed by atoms with Gasteiger partial charge in [0.25, 0.3) is 0 Å². The minimum absolute atomic E-state index is 0.266. The summed E-state index contributed by atoms with van der Waals surface area (Å²) in [6.45, 7) is 7.31. The Morgan fingerprint density at radius 2 is 2.29 bits per heavy atom. The number of ether oxygens (including phenoxy) is 1. The molecule has 0 spiro atoms. The third-order valence-corrected chi connectivity index (χ3v) is 1.91. The Morgan fingerprint density at radius 1 is 1.64 bits per heavy atom. The van der Waals surface area contributed by atoms with Crippen LogP contribution in [0.1, 0.15) is 20.8 Å². The van der Waals surface area contributed by atoms with E-state index < -0.39 is 5.60 Å². The molecule has 4 nitrogen and oxygen atoms in total. The first-order valence-corrected chi connectivity index (χ1v) is 4.78. The summed E-state index contributed by atoms with van der Waals surface area (Å²) in [5.41, 5.74) is 6.14. The van der Waals surface area contributed by atoms with Gasteiger partial charge in [0.05, 0.1) is 0 Å². The highest BCUT2D eigenvalue weighted by Crippen LogP contribution is 2.14. The van der Waals surface area contributed by atoms with Gasteiger partial charge in [0.1, 0.15) is 5.60 Å². The van der Waals surface area contributed by atoms with E-state index in [0.29, 0.717) is 19.6 Å². The number of amides is 1. The Hall–Kier alpha value is -1.03. The number of hydrogen-bond acceptors (Lipinski definition) is 3. The number of rotatable bonds is 1. The molecular weight excluding hydrogens is 180 g/mol. The maximum atomic E-state index is 11.6. The van der Waals surface area contributed by atoms with Gasteiger partial charge in [-0.25, -0.2) is 4.79 Å². The summed E-state index contributed by atoms with van der Waals surface area (Å²) < 4.78 is 5.23. The summed E-state index contributed by atoms with van der Waals surface area (Å²) in [6.07, 6.45) is 1.71. The molecule has 2 N–H and O–H groups in total. The zero-order valence-corrected chi connectivity index (χ0v) is 9.04. The number of carbonyl (C=O) groups is 1. The molecule has 0 aromatic rings. The largest absolute Gasteiger partial charge is 0.444 e. The van der Waals surface area contributed by atoms with E-state index in [4.69, 9.17) is 10.5 Å². The van der Waals surface area contributed by atoms with Crippen LogP contribution >= 0.6 is 0 Å². The fourth-order valence-electron chi connectivity index (χ4n) is 1.23. The normalized spacial score (nSPS) is 16.9. The van der Waals surface area contributed by atoms with E-state index in [9.17, 15) is 4.79 Å². The number of hydrogen-bond donors (Lipinski definition) is 1. The fourth-order valence-corrected chi connectivity index (χ4v) is 1.23. The molecule has 1 amide bonds. The summed E-state index contributed by atoms with van der Waals surface area (Å²) >= 11 is 0. The zero-order valence-electron chi connectivity index (χ0n) is 9.04. The zero-order chi connectivity index (χ0) is 10.8. The molecule has 80 valence electrons. The van der Waals surface area contributed by atoms with Crippen molar-refractivity contribution in [2.24, 2.45) is 5.73 Å². The molecule has 0 aromatic heterocycles. The van der Waals surface area contributed by atoms with E-state index in [1.54, 1.807) is 4.90 Å². The van der Waals surface area contributed by atoms with Crippen molar-refractivity contribution in [2.45, 2.75) is 26.4 Å². The Bertz CT molecular complexity index is 253. The van der Waals surface area contributed by atoms with Gasteiger partial charge in [0.15, 0.2) is 0 Å². The first-order valence-electron chi connectivity index (χ1n) is 4.78. The highest BCUT2D eigenvalue weighted by atomic mass is 16.6. The van der Waals surface area contributed by atoms with E-state index in [0.717, 1.165) is 5.57 Å². The van der Waals surface area contributed by atoms with Gasteiger partial charge in [-0.1, -0.05) is 6.08 Å². The SMILES string of the molecule is CC(C)(C)OC(=O)N1CC=C(CN)C1. The van der Waals surface area contributed by atoms with Crippen molar-refractivity contribution in [1.82, 2.24) is 4.90 Å². The molecule has 0 aliphatic carbocycles. The maximum Gasteiger partial charge on any atom is 0.410 e. The van der Waals surface area contributed by atoms with Crippen molar-refractivity contribution in [3.8, 4) is 0 Å². The lowest BCUT2D eigenvalue weighted by atomic mass is 10.2. The summed E-state index contributed by atoms with van der Waals surface area (Å²) in [6, 6.07) is 0. The van der Waals surface area contributed by atoms with Crippen molar-refractivity contribution in [2.75, 3.05) is 19.6 Å². The van der Waals surface area contributed by atoms with Gasteiger partial charge < -0.3 is 15.4 Å². The summed E-state index contributed by atoms with van der Waals surface area (Å²) in [7, 11) is 0. The molecule has 1 heterocycles. The molecule has 1 aliphatic rings. The lowest BCUT2D eigenvalue weighted by Gasteiger charge is -2.24. The highest BCUT2D eigenvalue weighted by molar-refractivity contribution is 5.69. The average molecular weight is 198 g/mol. The number of nitrogens with two attached hydrogens (primary N) is 1. The van der Waals surface area contributed by atoms with E-state index >= 15 is 0 Å². The van der Waals surface area contributed by atoms with Gasteiger partial charge in [-0.2, -0.15) is 0 Å². The molecule has 0 bridgehead atoms. The minimum atomic E-state index is -0.428. The molecule has 0 radical (unpaired) electrons. The maximum absolute atomic E-state index is 11.6. The number of nitrogens with zero attached hydrogens (tertiary/aromatic N) is 1. The molecular formula is C10H18N2O2. The van der Waals surface area contributed by atoms with Crippen molar-refractivity contribution >= 4 is 6.09 Å². The Morgan fingerprint density at radius 3 is 2.71 bits per heavy atom. The standard InChI is InChI=1S/C10H18N2O2/c1-10(2,3)14-9(13)12-5-4-8(6-11)7-12/h4H,5-7,11H2,1-3H3. The molecule has 1 rings (SSSR count). The number of carbonyl (C=O) groups excluding carboxylic acids is 1. The Balaban J connectivity index is 2.42. The third-order valence-electron chi connectivity index (χ3n) is 1.91. The highest BCUT2D eigenvalue weighted by Gasteiger charge is 2.24. The molecule has 4 heteroatoms. The average Bonchev–Trinajstić information content (AvgIpc) is 2.48. The van der Waals surface area contributed by atoms with Gasteiger partial charge in [-0.3, -0.25) is 0 Å². The Kier molecular flexibility index (Phi) is 3.16. The predicted molar refractivity (Wildman–Crippen MR) is 54.9 cm³/mol. The quantitative estimate of drug-likeness (QED) is 0.642. The third kappa shape index (κ3) is 3.03. The van der Waals surface area contributed by atoms with E-state index in [1.807, 2.05) is 26.8 Å². The molecule has 0 fully saturated rings. The smallest absolute Gasteiger partial charge is 0.410 e. The molecule has 1 aliphatic heterocycles. The molecule has 0 aromatic carbocycles. The summed E-state index contributed by atoms with van der Waals surface area (Å²) in [4.78, 5) is 13.2. The van der Waals surface area contributed by atoms with Crippen LogP contribution in [0, 0.1) is 0 Å². The fraction of sp³-hybridized carbons (Fsp3) is 0.700. The van der Waals surface area contributed by atoms with Crippen LogP contribution in [0.2, 0.25) is 0 Å². The van der Waals surface area contributed by atoms with Crippen molar-refractivity contribution in [3.63, 3.8) is 0 Å². The predicted octanol–water partition coefficient (Wildman–Crippen LogP) is 1.12. The van der Waals surface area contributed by atoms with Gasteiger partial charge >= 0.3 is 6.09 Å². The van der Waals surface area contributed by atoms with Crippen LogP contribution in [-0.4, -0.2) is 36.2 Å². The summed E-state index contributed by atoms with van der Waals surface area (Å²) in [5, 5.41) is 0. The van der Waals surface area contributed by atoms with Crippen LogP contribution in [0.25, 0.3) is 0 Å². The van der Waals surface area contributed by atoms with Crippen LogP contribution in [0.15, 0.2) is 11.6 Å². The second kappa shape index (κ2) is 4.00. The molecule has 0 unspecified atom stereocenters. The lowest BCUT2D eigenvalue weighted by molar-refractivity contribution is 0.0301. The molecule has 14 heavy (non-hydrogen) atoms. The van der Waals surface area contributed by atoms with Crippen molar-refractivity contribution < 1.29 is 9.53 Å². The van der Waals surface area contributed by atoms with E-state index in [2.05, 4.69) is 0 Å². The van der Waals surface area contributed by atoms with Crippen LogP contribution in [0.3, 0.4) is 0 Å². The van der Waals surface area contributed by atoms with Crippen LogP contribution in [0.4, 0.5) is 4.79 Å². The minimum Gasteiger partial charge on any atom is -0.444 e.